The number of thiazole rings is 1. The van der Waals surface area contributed by atoms with Gasteiger partial charge in [-0.15, -0.1) is 11.3 Å². The van der Waals surface area contributed by atoms with E-state index in [1.165, 1.54) is 17.4 Å². The molecule has 0 aliphatic heterocycles. The van der Waals surface area contributed by atoms with Gasteiger partial charge in [-0.1, -0.05) is 23.4 Å². The van der Waals surface area contributed by atoms with Gasteiger partial charge in [-0.25, -0.2) is 4.98 Å². The minimum Gasteiger partial charge on any atom is -0.493 e. The van der Waals surface area contributed by atoms with Gasteiger partial charge in [-0.3, -0.25) is 10.1 Å². The van der Waals surface area contributed by atoms with E-state index in [-0.39, 0.29) is 5.69 Å². The van der Waals surface area contributed by atoms with Gasteiger partial charge < -0.3 is 4.74 Å². The van der Waals surface area contributed by atoms with Gasteiger partial charge >= 0.3 is 0 Å². The maximum Gasteiger partial charge on any atom is 0.270 e. The molecule has 3 aromatic rings. The molecule has 0 spiro atoms. The van der Waals surface area contributed by atoms with Crippen molar-refractivity contribution in [3.8, 4) is 5.75 Å². The topological polar surface area (TPSA) is 65.3 Å². The molecule has 118 valence electrons. The van der Waals surface area contributed by atoms with Crippen LogP contribution in [0.2, 0.25) is 5.02 Å². The lowest BCUT2D eigenvalue weighted by atomic mass is 10.3. The van der Waals surface area contributed by atoms with E-state index in [9.17, 15) is 10.1 Å². The largest absolute Gasteiger partial charge is 0.493 e. The van der Waals surface area contributed by atoms with Crippen molar-refractivity contribution in [1.29, 1.82) is 0 Å². The number of hydrogen-bond acceptors (Lipinski definition) is 6. The van der Waals surface area contributed by atoms with Gasteiger partial charge in [0.05, 0.1) is 21.7 Å². The molecule has 0 N–H and O–H groups in total. The predicted octanol–water partition coefficient (Wildman–Crippen LogP) is 5.03. The van der Waals surface area contributed by atoms with E-state index < -0.39 is 4.92 Å². The Hall–Kier alpha value is -1.83. The van der Waals surface area contributed by atoms with E-state index in [4.69, 9.17) is 16.3 Å². The van der Waals surface area contributed by atoms with Crippen LogP contribution in [-0.2, 0) is 0 Å². The molecule has 23 heavy (non-hydrogen) atoms. The van der Waals surface area contributed by atoms with Crippen LogP contribution in [0.25, 0.3) is 10.2 Å². The first-order valence-corrected chi connectivity index (χ1v) is 8.86. The Balaban J connectivity index is 1.56. The molecule has 2 aromatic carbocycles. The standard InChI is InChI=1S/C15H11ClN2O3S2/c16-10-1-4-12(5-2-10)21-7-8-22-15-17-13-6-3-11(18(19)20)9-14(13)23-15/h1-6,9H,7-8H2. The van der Waals surface area contributed by atoms with Crippen molar-refractivity contribution in [3.05, 3.63) is 57.6 Å². The highest BCUT2D eigenvalue weighted by Crippen LogP contribution is 2.31. The zero-order valence-corrected chi connectivity index (χ0v) is 14.2. The monoisotopic (exact) mass is 366 g/mol. The van der Waals surface area contributed by atoms with Gasteiger partial charge in [0.25, 0.3) is 5.69 Å². The molecule has 0 aliphatic carbocycles. The highest BCUT2D eigenvalue weighted by Gasteiger charge is 2.10. The van der Waals surface area contributed by atoms with Crippen molar-refractivity contribution in [1.82, 2.24) is 4.98 Å². The molecule has 5 nitrogen and oxygen atoms in total. The summed E-state index contributed by atoms with van der Waals surface area (Å²) in [6.07, 6.45) is 0. The van der Waals surface area contributed by atoms with Crippen LogP contribution in [-0.4, -0.2) is 22.3 Å². The van der Waals surface area contributed by atoms with Gasteiger partial charge in [-0.05, 0) is 30.3 Å². The number of aromatic nitrogens is 1. The Labute approximate surface area is 145 Å². The number of ether oxygens (including phenoxy) is 1. The van der Waals surface area contributed by atoms with Gasteiger partial charge in [0.1, 0.15) is 5.75 Å². The number of non-ortho nitro benzene ring substituents is 1. The summed E-state index contributed by atoms with van der Waals surface area (Å²) in [6, 6.07) is 11.9. The third kappa shape index (κ3) is 4.13. The molecule has 0 radical (unpaired) electrons. The molecule has 0 amide bonds. The molecule has 0 fully saturated rings. The second kappa shape index (κ2) is 7.16. The minimum atomic E-state index is -0.397. The number of hydrogen-bond donors (Lipinski definition) is 0. The minimum absolute atomic E-state index is 0.0868. The van der Waals surface area contributed by atoms with E-state index in [2.05, 4.69) is 4.98 Å². The number of nitrogens with zero attached hydrogens (tertiary/aromatic N) is 2. The van der Waals surface area contributed by atoms with Crippen LogP contribution in [0.5, 0.6) is 5.75 Å². The highest BCUT2D eigenvalue weighted by atomic mass is 35.5. The van der Waals surface area contributed by atoms with Crippen molar-refractivity contribution in [2.75, 3.05) is 12.4 Å². The van der Waals surface area contributed by atoms with E-state index in [0.29, 0.717) is 11.6 Å². The first-order chi connectivity index (χ1) is 11.1. The fourth-order valence-electron chi connectivity index (χ4n) is 1.89. The summed E-state index contributed by atoms with van der Waals surface area (Å²) < 4.78 is 7.31. The molecule has 1 aromatic heterocycles. The van der Waals surface area contributed by atoms with Gasteiger partial charge in [0.2, 0.25) is 0 Å². The highest BCUT2D eigenvalue weighted by molar-refractivity contribution is 8.01. The molecule has 0 atom stereocenters. The van der Waals surface area contributed by atoms with Crippen LogP contribution < -0.4 is 4.74 Å². The van der Waals surface area contributed by atoms with Gasteiger partial charge in [0, 0.05) is 22.9 Å². The average Bonchev–Trinajstić information content (AvgIpc) is 2.95. The Morgan fingerprint density at radius 3 is 2.78 bits per heavy atom. The van der Waals surface area contributed by atoms with Crippen LogP contribution in [0.4, 0.5) is 5.69 Å². The molecule has 0 saturated heterocycles. The Kier molecular flexibility index (Phi) is 5.00. The first-order valence-electron chi connectivity index (χ1n) is 6.68. The molecule has 0 unspecified atom stereocenters. The fourth-order valence-corrected chi connectivity index (χ4v) is 4.00. The molecule has 8 heteroatoms. The second-order valence-electron chi connectivity index (χ2n) is 4.54. The van der Waals surface area contributed by atoms with Crippen LogP contribution in [0.3, 0.4) is 0 Å². The predicted molar refractivity (Wildman–Crippen MR) is 93.9 cm³/mol. The third-order valence-corrected chi connectivity index (χ3v) is 5.33. The number of fused-ring (bicyclic) bond motifs is 1. The van der Waals surface area contributed by atoms with Crippen molar-refractivity contribution in [2.24, 2.45) is 0 Å². The van der Waals surface area contributed by atoms with E-state index in [0.717, 1.165) is 26.1 Å². The molecule has 3 rings (SSSR count). The van der Waals surface area contributed by atoms with Gasteiger partial charge in [-0.2, -0.15) is 0 Å². The number of rotatable bonds is 6. The lowest BCUT2D eigenvalue weighted by Crippen LogP contribution is -1.99. The van der Waals surface area contributed by atoms with Gasteiger partial charge in [0.15, 0.2) is 4.34 Å². The third-order valence-electron chi connectivity index (χ3n) is 2.95. The zero-order chi connectivity index (χ0) is 16.2. The maximum atomic E-state index is 10.8. The molecule has 0 aliphatic rings. The summed E-state index contributed by atoms with van der Waals surface area (Å²) in [5.74, 6) is 1.51. The number of nitro groups is 1. The summed E-state index contributed by atoms with van der Waals surface area (Å²) in [5.41, 5.74) is 0.866. The molecule has 1 heterocycles. The van der Waals surface area contributed by atoms with Crippen LogP contribution in [0.15, 0.2) is 46.8 Å². The van der Waals surface area contributed by atoms with Crippen LogP contribution >= 0.6 is 34.7 Å². The van der Waals surface area contributed by atoms with E-state index in [1.807, 2.05) is 12.1 Å². The lowest BCUT2D eigenvalue weighted by molar-refractivity contribution is -0.384. The van der Waals surface area contributed by atoms with Crippen molar-refractivity contribution < 1.29 is 9.66 Å². The Bertz CT molecular complexity index is 836. The van der Waals surface area contributed by atoms with E-state index >= 15 is 0 Å². The molecular weight excluding hydrogens is 356 g/mol. The number of halogens is 1. The summed E-state index contributed by atoms with van der Waals surface area (Å²) in [7, 11) is 0. The van der Waals surface area contributed by atoms with E-state index in [1.54, 1.807) is 36.0 Å². The number of benzene rings is 2. The number of nitro benzene ring substituents is 1. The summed E-state index contributed by atoms with van der Waals surface area (Å²) >= 11 is 8.83. The SMILES string of the molecule is O=[N+]([O-])c1ccc2nc(SCCOc3ccc(Cl)cc3)sc2c1. The van der Waals surface area contributed by atoms with Crippen LogP contribution in [0, 0.1) is 10.1 Å². The molecule has 0 bridgehead atoms. The molecule has 0 saturated carbocycles. The summed E-state index contributed by atoms with van der Waals surface area (Å²) in [5, 5.41) is 11.5. The Morgan fingerprint density at radius 1 is 1.26 bits per heavy atom. The Morgan fingerprint density at radius 2 is 2.04 bits per heavy atom. The normalized spacial score (nSPS) is 10.8. The van der Waals surface area contributed by atoms with Crippen molar-refractivity contribution in [3.63, 3.8) is 0 Å². The smallest absolute Gasteiger partial charge is 0.270 e. The number of thioether (sulfide) groups is 1. The lowest BCUT2D eigenvalue weighted by Gasteiger charge is -2.04. The van der Waals surface area contributed by atoms with Crippen LogP contribution in [0.1, 0.15) is 0 Å². The fraction of sp³-hybridized carbons (Fsp3) is 0.133. The van der Waals surface area contributed by atoms with Crippen molar-refractivity contribution in [2.45, 2.75) is 4.34 Å². The zero-order valence-electron chi connectivity index (χ0n) is 11.8. The second-order valence-corrected chi connectivity index (χ2v) is 7.35. The first kappa shape index (κ1) is 16.0. The molecular formula is C15H11ClN2O3S2. The summed E-state index contributed by atoms with van der Waals surface area (Å²) in [4.78, 5) is 14.8. The summed E-state index contributed by atoms with van der Waals surface area (Å²) in [6.45, 7) is 0.544. The van der Waals surface area contributed by atoms with Crippen molar-refractivity contribution >= 4 is 50.6 Å². The quantitative estimate of drug-likeness (QED) is 0.265. The average molecular weight is 367 g/mol. The maximum absolute atomic E-state index is 10.8.